The molecule has 0 bridgehead atoms. The van der Waals surface area contributed by atoms with Gasteiger partial charge in [-0.15, -0.1) is 0 Å². The number of amides is 8. The van der Waals surface area contributed by atoms with Crippen molar-refractivity contribution < 1.29 is 53.4 Å². The number of nitrogens with two attached hydrogens (primary N) is 5. The third-order valence-electron chi connectivity index (χ3n) is 14.2. The molecule has 0 radical (unpaired) electrons. The SMILES string of the molecule is NC(N)=NCCC[C@H](NC(=O)[C@H](Cc1ccccc1)NC(=O)[C@@H]1CCCN1C(=O)[C@H](CO)NC(=O)[C@H](Cc1cccc2[nH]ccc12)NC(=O)CNC(=O)[C@@H]1CCCN1C(=O)[C@@H]1CCCN1C(=O)[C@@H](N)CCCN=C(N)N)C(=O)O. The molecule has 428 valence electrons. The van der Waals surface area contributed by atoms with Gasteiger partial charge in [0.2, 0.25) is 47.3 Å². The topological polar surface area (TPSA) is 435 Å². The van der Waals surface area contributed by atoms with Gasteiger partial charge in [0.15, 0.2) is 11.9 Å². The fourth-order valence-corrected chi connectivity index (χ4v) is 10.2. The molecule has 3 aliphatic rings. The van der Waals surface area contributed by atoms with Gasteiger partial charge in [-0.25, -0.2) is 4.79 Å². The van der Waals surface area contributed by atoms with Crippen molar-refractivity contribution in [1.29, 1.82) is 0 Å². The Hall–Kier alpha value is -8.33. The second-order valence-electron chi connectivity index (χ2n) is 19.9. The zero-order valence-corrected chi connectivity index (χ0v) is 44.0. The fourth-order valence-electron chi connectivity index (χ4n) is 10.2. The van der Waals surface area contributed by atoms with Crippen LogP contribution in [0, 0.1) is 0 Å². The van der Waals surface area contributed by atoms with E-state index in [1.54, 1.807) is 54.7 Å². The maximum absolute atomic E-state index is 14.3. The highest BCUT2D eigenvalue weighted by Crippen LogP contribution is 2.27. The van der Waals surface area contributed by atoms with E-state index >= 15 is 0 Å². The van der Waals surface area contributed by atoms with Crippen molar-refractivity contribution in [2.24, 2.45) is 38.7 Å². The predicted molar refractivity (Wildman–Crippen MR) is 290 cm³/mol. The third-order valence-corrected chi connectivity index (χ3v) is 14.2. The summed E-state index contributed by atoms with van der Waals surface area (Å²) in [7, 11) is 0. The number of aromatic nitrogens is 1. The summed E-state index contributed by atoms with van der Waals surface area (Å²) in [6.07, 6.45) is 4.74. The molecule has 18 N–H and O–H groups in total. The van der Waals surface area contributed by atoms with Gasteiger partial charge in [-0.05, 0) is 87.5 Å². The first-order valence-corrected chi connectivity index (χ1v) is 26.5. The number of rotatable bonds is 27. The van der Waals surface area contributed by atoms with Crippen LogP contribution in [0.1, 0.15) is 75.3 Å². The zero-order chi connectivity index (χ0) is 57.2. The molecule has 3 aliphatic heterocycles. The highest BCUT2D eigenvalue weighted by atomic mass is 16.4. The van der Waals surface area contributed by atoms with E-state index < -0.39 is 115 Å². The van der Waals surface area contributed by atoms with Crippen LogP contribution in [0.2, 0.25) is 0 Å². The second-order valence-corrected chi connectivity index (χ2v) is 19.9. The van der Waals surface area contributed by atoms with Crippen LogP contribution in [-0.2, 0) is 56.0 Å². The standard InChI is InChI=1S/C52H74N16O11/c53-33(13-5-20-59-51(54)55)47(75)68-25-9-18-41(68)49(77)67-24-7-16-39(67)45(73)61-28-42(70)62-37(27-31-12-4-14-34-32(31)19-22-58-34)44(72)65-38(29-69)48(76)66-23-8-17-40(66)46(74)64-36(26-30-10-2-1-3-11-30)43(71)63-35(50(78)79)15-6-21-60-52(56)57/h1-4,10-12,14,19,22,33,35-41,58,69H,5-9,13,15-18,20-21,23-29,53H2,(H,61,73)(H,62,70)(H,63,71)(H,64,74)(H,65,72)(H,78,79)(H4,54,55,59)(H4,56,57,60)/t33-,35-,36-,37-,38-,39-,40-,41-/m0/s1. The van der Waals surface area contributed by atoms with E-state index in [-0.39, 0.29) is 70.2 Å². The van der Waals surface area contributed by atoms with Crippen LogP contribution in [0.25, 0.3) is 10.9 Å². The van der Waals surface area contributed by atoms with Gasteiger partial charge in [0, 0.05) is 62.7 Å². The van der Waals surface area contributed by atoms with Crippen LogP contribution < -0.4 is 55.3 Å². The van der Waals surface area contributed by atoms with Gasteiger partial charge in [0.1, 0.15) is 42.3 Å². The molecule has 3 saturated heterocycles. The van der Waals surface area contributed by atoms with Gasteiger partial charge in [0.25, 0.3) is 0 Å². The number of likely N-dealkylation sites (tertiary alicyclic amines) is 3. The number of benzene rings is 2. The van der Waals surface area contributed by atoms with E-state index in [0.29, 0.717) is 62.6 Å². The Labute approximate surface area is 456 Å². The highest BCUT2D eigenvalue weighted by molar-refractivity contribution is 5.98. The Morgan fingerprint density at radius 3 is 1.85 bits per heavy atom. The second kappa shape index (κ2) is 28.9. The van der Waals surface area contributed by atoms with E-state index in [9.17, 15) is 53.4 Å². The number of H-pyrrole nitrogens is 1. The Morgan fingerprint density at radius 1 is 0.633 bits per heavy atom. The van der Waals surface area contributed by atoms with Gasteiger partial charge >= 0.3 is 5.97 Å². The molecule has 8 amide bonds. The van der Waals surface area contributed by atoms with Gasteiger partial charge in [-0.2, -0.15) is 0 Å². The van der Waals surface area contributed by atoms with E-state index in [2.05, 4.69) is 41.6 Å². The summed E-state index contributed by atoms with van der Waals surface area (Å²) in [5.41, 5.74) is 29.8. The van der Waals surface area contributed by atoms with Crippen LogP contribution in [0.3, 0.4) is 0 Å². The summed E-state index contributed by atoms with van der Waals surface area (Å²) in [6, 6.07) is 6.37. The number of aliphatic hydroxyl groups is 1. The summed E-state index contributed by atoms with van der Waals surface area (Å²) >= 11 is 0. The normalized spacial score (nSPS) is 18.8. The molecule has 6 rings (SSSR count). The monoisotopic (exact) mass is 1100 g/mol. The first kappa shape index (κ1) is 59.9. The molecule has 27 nitrogen and oxygen atoms in total. The van der Waals surface area contributed by atoms with E-state index in [4.69, 9.17) is 28.7 Å². The summed E-state index contributed by atoms with van der Waals surface area (Å²) in [6.45, 7) is -0.493. The first-order chi connectivity index (χ1) is 37.9. The van der Waals surface area contributed by atoms with E-state index in [1.165, 1.54) is 14.7 Å². The van der Waals surface area contributed by atoms with Crippen molar-refractivity contribution in [2.75, 3.05) is 45.9 Å². The number of hydrogen-bond acceptors (Lipinski definition) is 13. The number of aromatic amines is 1. The minimum Gasteiger partial charge on any atom is -0.480 e. The quantitative estimate of drug-likeness (QED) is 0.0200. The van der Waals surface area contributed by atoms with Crippen LogP contribution in [0.4, 0.5) is 0 Å². The number of aliphatic hydroxyl groups excluding tert-OH is 1. The lowest BCUT2D eigenvalue weighted by Crippen LogP contribution is -2.60. The summed E-state index contributed by atoms with van der Waals surface area (Å²) in [5.74, 6) is -6.98. The molecule has 0 saturated carbocycles. The van der Waals surface area contributed by atoms with Gasteiger partial charge in [0.05, 0.1) is 19.2 Å². The molecule has 0 unspecified atom stereocenters. The van der Waals surface area contributed by atoms with Crippen LogP contribution >= 0.6 is 0 Å². The molecule has 79 heavy (non-hydrogen) atoms. The summed E-state index contributed by atoms with van der Waals surface area (Å²) < 4.78 is 0. The molecule has 3 aromatic rings. The number of nitrogens with one attached hydrogen (secondary N) is 6. The van der Waals surface area contributed by atoms with E-state index in [1.807, 2.05) is 6.07 Å². The van der Waals surface area contributed by atoms with Crippen LogP contribution in [0.15, 0.2) is 70.8 Å². The number of nitrogens with zero attached hydrogens (tertiary/aromatic N) is 5. The van der Waals surface area contributed by atoms with Crippen molar-refractivity contribution in [3.05, 3.63) is 71.9 Å². The predicted octanol–water partition coefficient (Wildman–Crippen LogP) is -3.51. The maximum atomic E-state index is 14.3. The lowest BCUT2D eigenvalue weighted by atomic mass is 10.0. The lowest BCUT2D eigenvalue weighted by molar-refractivity contribution is -0.147. The number of aliphatic carboxylic acids is 1. The minimum atomic E-state index is -1.61. The number of guanidine groups is 2. The average molecular weight is 1100 g/mol. The molecule has 0 aliphatic carbocycles. The molecular formula is C52H74N16O11. The molecule has 0 spiro atoms. The number of aliphatic imine (C=N–C) groups is 2. The van der Waals surface area contributed by atoms with Crippen molar-refractivity contribution in [3.8, 4) is 0 Å². The van der Waals surface area contributed by atoms with Gasteiger partial charge in [-0.1, -0.05) is 42.5 Å². The molecule has 4 heterocycles. The first-order valence-electron chi connectivity index (χ1n) is 26.5. The maximum Gasteiger partial charge on any atom is 0.326 e. The summed E-state index contributed by atoms with van der Waals surface area (Å²) in [4.78, 5) is 138. The Morgan fingerprint density at radius 2 is 1.22 bits per heavy atom. The number of hydrogen-bond donors (Lipinski definition) is 13. The van der Waals surface area contributed by atoms with Crippen LogP contribution in [0.5, 0.6) is 0 Å². The van der Waals surface area contributed by atoms with Crippen LogP contribution in [-0.4, -0.2) is 189 Å². The lowest BCUT2D eigenvalue weighted by Gasteiger charge is -2.32. The highest BCUT2D eigenvalue weighted by Gasteiger charge is 2.44. The smallest absolute Gasteiger partial charge is 0.326 e. The molecule has 3 fully saturated rings. The van der Waals surface area contributed by atoms with Crippen molar-refractivity contribution in [2.45, 2.75) is 125 Å². The Balaban J connectivity index is 1.10. The van der Waals surface area contributed by atoms with Gasteiger partial charge < -0.3 is 85.1 Å². The molecule has 1 aromatic heterocycles. The minimum absolute atomic E-state index is 0.0244. The summed E-state index contributed by atoms with van der Waals surface area (Å²) in [5, 5.41) is 34.3. The number of fused-ring (bicyclic) bond motifs is 1. The molecule has 2 aromatic carbocycles. The van der Waals surface area contributed by atoms with Crippen molar-refractivity contribution >= 4 is 76.0 Å². The largest absolute Gasteiger partial charge is 0.480 e. The molecule has 8 atom stereocenters. The zero-order valence-electron chi connectivity index (χ0n) is 44.0. The van der Waals surface area contributed by atoms with Crippen molar-refractivity contribution in [1.82, 2.24) is 46.3 Å². The van der Waals surface area contributed by atoms with Gasteiger partial charge in [-0.3, -0.25) is 48.3 Å². The molecular weight excluding hydrogens is 1020 g/mol. The van der Waals surface area contributed by atoms with Crippen molar-refractivity contribution in [3.63, 3.8) is 0 Å². The number of carbonyl (C=O) groups excluding carboxylic acids is 8. The Kier molecular flexibility index (Phi) is 21.9. The number of carboxylic acids is 1. The third kappa shape index (κ3) is 16.6. The fraction of sp³-hybridized carbons (Fsp3) is 0.519. The Bertz CT molecular complexity index is 2710. The molecule has 27 heteroatoms. The number of carbonyl (C=O) groups is 9. The van der Waals surface area contributed by atoms with E-state index in [0.717, 1.165) is 10.9 Å². The number of carboxylic acid groups (broad SMARTS) is 1. The average Bonchev–Trinajstić information content (AvgIpc) is 4.32.